The molecule has 0 bridgehead atoms. The van der Waals surface area contributed by atoms with Crippen LogP contribution in [-0.2, 0) is 37.1 Å². The lowest BCUT2D eigenvalue weighted by atomic mass is 9.98. The van der Waals surface area contributed by atoms with E-state index in [-0.39, 0.29) is 0 Å². The Balaban J connectivity index is 1.92. The van der Waals surface area contributed by atoms with Crippen molar-refractivity contribution in [1.82, 2.24) is 0 Å². The van der Waals surface area contributed by atoms with Crippen molar-refractivity contribution in [3.05, 3.63) is 70.8 Å². The average Bonchev–Trinajstić information content (AvgIpc) is 2.61. The highest BCUT2D eigenvalue weighted by molar-refractivity contribution is 9.08. The maximum absolute atomic E-state index is 12.5. The zero-order valence-electron chi connectivity index (χ0n) is 16.9. The van der Waals surface area contributed by atoms with E-state index < -0.39 is 19.5 Å². The zero-order chi connectivity index (χ0) is 20.8. The van der Waals surface area contributed by atoms with Gasteiger partial charge in [-0.1, -0.05) is 80.4 Å². The first-order valence-corrected chi connectivity index (χ1v) is 12.6. The third-order valence-electron chi connectivity index (χ3n) is 4.26. The Labute approximate surface area is 186 Å². The summed E-state index contributed by atoms with van der Waals surface area (Å²) in [6.07, 6.45) is 1.32. The number of hydrogen-bond acceptors (Lipinski definition) is 3. The molecule has 2 rings (SSSR count). The lowest BCUT2D eigenvalue weighted by Crippen LogP contribution is -2.28. The molecule has 0 fully saturated rings. The molecule has 0 heterocycles. The molecule has 152 valence electrons. The smallest absolute Gasteiger partial charge is 0.113 e. The summed E-state index contributed by atoms with van der Waals surface area (Å²) in [6.45, 7) is 7.75. The molecule has 0 saturated carbocycles. The minimum Gasteiger partial charge on any atom is -0.113 e. The predicted octanol–water partition coefficient (Wildman–Crippen LogP) is 7.51. The van der Waals surface area contributed by atoms with Crippen LogP contribution in [0.5, 0.6) is 0 Å². The van der Waals surface area contributed by atoms with Crippen molar-refractivity contribution in [1.29, 1.82) is 0 Å². The van der Waals surface area contributed by atoms with Gasteiger partial charge in [0, 0.05) is 28.1 Å². The van der Waals surface area contributed by atoms with Crippen molar-refractivity contribution in [2.75, 3.05) is 0 Å². The molecule has 2 aromatic carbocycles. The van der Waals surface area contributed by atoms with E-state index >= 15 is 0 Å². The first kappa shape index (κ1) is 23.7. The van der Waals surface area contributed by atoms with Crippen LogP contribution in [0, 0.1) is 0 Å². The van der Waals surface area contributed by atoms with Gasteiger partial charge < -0.3 is 0 Å². The fourth-order valence-corrected chi connectivity index (χ4v) is 4.68. The highest BCUT2D eigenvalue weighted by Gasteiger charge is 2.39. The van der Waals surface area contributed by atoms with Gasteiger partial charge in [-0.25, -0.2) is 0 Å². The van der Waals surface area contributed by atoms with Crippen molar-refractivity contribution in [2.45, 2.75) is 62.4 Å². The van der Waals surface area contributed by atoms with E-state index in [0.29, 0.717) is 12.8 Å². The highest BCUT2D eigenvalue weighted by atomic mass is 79.9. The van der Waals surface area contributed by atoms with Crippen LogP contribution in [0.4, 0.5) is 0 Å². The van der Waals surface area contributed by atoms with Crippen LogP contribution < -0.4 is 0 Å². The van der Waals surface area contributed by atoms with Gasteiger partial charge in [0.15, 0.2) is 0 Å². The Morgan fingerprint density at radius 2 is 0.964 bits per heavy atom. The van der Waals surface area contributed by atoms with Gasteiger partial charge in [0.25, 0.3) is 0 Å². The van der Waals surface area contributed by atoms with Gasteiger partial charge in [0.1, 0.15) is 11.2 Å². The van der Waals surface area contributed by atoms with Crippen molar-refractivity contribution in [3.63, 3.8) is 0 Å². The van der Waals surface area contributed by atoms with Gasteiger partial charge in [0.05, 0.1) is 0 Å². The molecule has 0 aromatic heterocycles. The number of benzene rings is 2. The number of alkyl halides is 2. The summed E-state index contributed by atoms with van der Waals surface area (Å²) in [7, 11) is -2.23. The van der Waals surface area contributed by atoms with E-state index in [1.54, 1.807) is 0 Å². The maximum atomic E-state index is 12.5. The Hall–Kier alpha value is -0.580. The molecule has 0 amide bonds. The Bertz CT molecular complexity index is 706. The second-order valence-corrected chi connectivity index (χ2v) is 10.1. The molecule has 2 aromatic rings. The minimum atomic E-state index is -2.23. The molecule has 0 aliphatic heterocycles. The van der Waals surface area contributed by atoms with Crippen LogP contribution in [0.2, 0.25) is 0 Å². The Kier molecular flexibility index (Phi) is 8.84. The van der Waals surface area contributed by atoms with Gasteiger partial charge in [0.2, 0.25) is 0 Å². The maximum Gasteiger partial charge on any atom is 0.698 e. The van der Waals surface area contributed by atoms with E-state index in [1.807, 2.05) is 27.7 Å². The summed E-state index contributed by atoms with van der Waals surface area (Å²) in [5, 5.41) is 1.67. The minimum absolute atomic E-state index is 0.586. The Morgan fingerprint density at radius 1 is 0.679 bits per heavy atom. The van der Waals surface area contributed by atoms with Gasteiger partial charge in [-0.15, -0.1) is 9.05 Å². The first-order valence-electron chi connectivity index (χ1n) is 9.25. The molecule has 0 aliphatic carbocycles. The summed E-state index contributed by atoms with van der Waals surface area (Å²) < 4.78 is 24.1. The second kappa shape index (κ2) is 10.4. The van der Waals surface area contributed by atoms with Gasteiger partial charge in [-0.05, 0) is 49.9 Å². The highest BCUT2D eigenvalue weighted by Crippen LogP contribution is 2.38. The van der Waals surface area contributed by atoms with Crippen LogP contribution in [0.15, 0.2) is 48.5 Å². The quantitative estimate of drug-likeness (QED) is 0.235. The predicted molar refractivity (Wildman–Crippen MR) is 123 cm³/mol. The lowest BCUT2D eigenvalue weighted by Gasteiger charge is -2.21. The van der Waals surface area contributed by atoms with Crippen molar-refractivity contribution >= 4 is 40.1 Å². The molecule has 0 saturated heterocycles. The standard InChI is InChI=1S/C22H28Br2O3P/c1-21(2,13-17-5-9-19(15-23)10-6-17)26-28(25)27-22(3,4)14-18-7-11-20(16-24)12-8-18/h5-12H,13-16H2,1-4H3/q+1. The van der Waals surface area contributed by atoms with Gasteiger partial charge in [-0.2, -0.15) is 0 Å². The zero-order valence-corrected chi connectivity index (χ0v) is 20.9. The molecule has 0 aliphatic rings. The van der Waals surface area contributed by atoms with E-state index in [4.69, 9.17) is 9.05 Å². The van der Waals surface area contributed by atoms with Crippen LogP contribution in [0.1, 0.15) is 49.9 Å². The van der Waals surface area contributed by atoms with E-state index in [2.05, 4.69) is 80.4 Å². The lowest BCUT2D eigenvalue weighted by molar-refractivity contribution is 0.0458. The molecule has 0 radical (unpaired) electrons. The van der Waals surface area contributed by atoms with E-state index in [0.717, 1.165) is 21.8 Å². The monoisotopic (exact) mass is 529 g/mol. The molecule has 0 N–H and O–H groups in total. The van der Waals surface area contributed by atoms with Crippen LogP contribution in [0.25, 0.3) is 0 Å². The number of halogens is 2. The third-order valence-corrected chi connectivity index (χ3v) is 6.84. The molecular weight excluding hydrogens is 503 g/mol. The summed E-state index contributed by atoms with van der Waals surface area (Å²) in [5.74, 6) is 0. The van der Waals surface area contributed by atoms with E-state index in [9.17, 15) is 4.57 Å². The van der Waals surface area contributed by atoms with Crippen LogP contribution in [-0.4, -0.2) is 11.2 Å². The van der Waals surface area contributed by atoms with E-state index in [1.165, 1.54) is 11.1 Å². The largest absolute Gasteiger partial charge is 0.698 e. The second-order valence-electron chi connectivity index (χ2n) is 8.18. The van der Waals surface area contributed by atoms with Crippen molar-refractivity contribution in [2.24, 2.45) is 0 Å². The van der Waals surface area contributed by atoms with Crippen molar-refractivity contribution in [3.8, 4) is 0 Å². The SMILES string of the molecule is CC(C)(Cc1ccc(CBr)cc1)O[P+](=O)OC(C)(C)Cc1ccc(CBr)cc1. The molecule has 0 atom stereocenters. The summed E-state index contributed by atoms with van der Waals surface area (Å²) >= 11 is 6.91. The summed E-state index contributed by atoms with van der Waals surface area (Å²) in [5.41, 5.74) is 3.56. The number of hydrogen-bond donors (Lipinski definition) is 0. The molecule has 28 heavy (non-hydrogen) atoms. The molecule has 6 heteroatoms. The normalized spacial score (nSPS) is 12.2. The molecule has 0 unspecified atom stereocenters. The molecular formula is C22H28Br2O3P+. The summed E-state index contributed by atoms with van der Waals surface area (Å²) in [6, 6.07) is 16.7. The fourth-order valence-electron chi connectivity index (χ4n) is 2.96. The number of rotatable bonds is 10. The average molecular weight is 531 g/mol. The van der Waals surface area contributed by atoms with Crippen molar-refractivity contribution < 1.29 is 13.6 Å². The first-order chi connectivity index (χ1) is 13.1. The topological polar surface area (TPSA) is 35.5 Å². The van der Waals surface area contributed by atoms with Gasteiger partial charge >= 0.3 is 8.25 Å². The van der Waals surface area contributed by atoms with Gasteiger partial charge in [-0.3, -0.25) is 0 Å². The molecule has 3 nitrogen and oxygen atoms in total. The Morgan fingerprint density at radius 3 is 1.25 bits per heavy atom. The third kappa shape index (κ3) is 8.04. The summed E-state index contributed by atoms with van der Waals surface area (Å²) in [4.78, 5) is 0. The van der Waals surface area contributed by atoms with Crippen LogP contribution >= 0.6 is 40.1 Å². The van der Waals surface area contributed by atoms with Crippen LogP contribution in [0.3, 0.4) is 0 Å². The fraction of sp³-hybridized carbons (Fsp3) is 0.455. The molecule has 0 spiro atoms.